The van der Waals surface area contributed by atoms with E-state index in [4.69, 9.17) is 9.47 Å². The number of nitrogens with one attached hydrogen (secondary N) is 1. The van der Waals surface area contributed by atoms with E-state index in [9.17, 15) is 4.79 Å². The Balaban J connectivity index is 1.67. The molecule has 0 unspecified atom stereocenters. The van der Waals surface area contributed by atoms with Crippen LogP contribution in [0.25, 0.3) is 0 Å². The van der Waals surface area contributed by atoms with Crippen LogP contribution in [-0.2, 0) is 35.7 Å². The van der Waals surface area contributed by atoms with Crippen molar-refractivity contribution in [2.45, 2.75) is 46.4 Å². The number of carbonyl (C=O) groups is 1. The zero-order chi connectivity index (χ0) is 20.1. The van der Waals surface area contributed by atoms with Gasteiger partial charge in [0.1, 0.15) is 12.4 Å². The van der Waals surface area contributed by atoms with Gasteiger partial charge in [-0.3, -0.25) is 14.4 Å². The normalized spacial score (nSPS) is 14.4. The first-order valence-electron chi connectivity index (χ1n) is 9.68. The molecule has 3 rings (SSSR count). The lowest BCUT2D eigenvalue weighted by Crippen LogP contribution is -2.26. The molecule has 1 aromatic carbocycles. The van der Waals surface area contributed by atoms with Crippen molar-refractivity contribution in [1.29, 1.82) is 0 Å². The molecule has 0 saturated heterocycles. The summed E-state index contributed by atoms with van der Waals surface area (Å²) in [5.74, 6) is 0.813. The molecule has 1 aliphatic rings. The van der Waals surface area contributed by atoms with Crippen LogP contribution in [0.1, 0.15) is 34.5 Å². The Morgan fingerprint density at radius 3 is 2.79 bits per heavy atom. The van der Waals surface area contributed by atoms with Crippen molar-refractivity contribution in [2.24, 2.45) is 0 Å². The highest BCUT2D eigenvalue weighted by Gasteiger charge is 2.18. The standard InChI is InChI=1S/C21H30N4O3/c1-15-16(2)20(28-4)7-6-17(15)12-24-8-5-9-25-19(13-24)10-18(23-25)11-22-21(26)14-27-3/h6-7,10H,5,8-9,11-14H2,1-4H3,(H,22,26). The van der Waals surface area contributed by atoms with Gasteiger partial charge >= 0.3 is 0 Å². The molecule has 2 aromatic rings. The molecule has 7 nitrogen and oxygen atoms in total. The van der Waals surface area contributed by atoms with Crippen molar-refractivity contribution in [3.63, 3.8) is 0 Å². The predicted molar refractivity (Wildman–Crippen MR) is 107 cm³/mol. The Bertz CT molecular complexity index is 831. The number of aryl methyl sites for hydroxylation is 1. The van der Waals surface area contributed by atoms with Crippen LogP contribution in [0.15, 0.2) is 18.2 Å². The average molecular weight is 386 g/mol. The number of aromatic nitrogens is 2. The number of rotatable bonds is 7. The Labute approximate surface area is 166 Å². The molecular weight excluding hydrogens is 356 g/mol. The van der Waals surface area contributed by atoms with Crippen molar-refractivity contribution in [2.75, 3.05) is 27.4 Å². The van der Waals surface area contributed by atoms with Crippen LogP contribution in [0.2, 0.25) is 0 Å². The van der Waals surface area contributed by atoms with Gasteiger partial charge in [0.15, 0.2) is 0 Å². The lowest BCUT2D eigenvalue weighted by atomic mass is 10.0. The third-order valence-corrected chi connectivity index (χ3v) is 5.35. The van der Waals surface area contributed by atoms with Gasteiger partial charge in [0, 0.05) is 33.3 Å². The highest BCUT2D eigenvalue weighted by Crippen LogP contribution is 2.26. The first kappa shape index (κ1) is 20.4. The summed E-state index contributed by atoms with van der Waals surface area (Å²) in [6.07, 6.45) is 1.05. The quantitative estimate of drug-likeness (QED) is 0.790. The van der Waals surface area contributed by atoms with E-state index < -0.39 is 0 Å². The number of nitrogens with zero attached hydrogens (tertiary/aromatic N) is 3. The number of fused-ring (bicyclic) bond motifs is 1. The van der Waals surface area contributed by atoms with Crippen LogP contribution >= 0.6 is 0 Å². The molecule has 1 aliphatic heterocycles. The van der Waals surface area contributed by atoms with Crippen molar-refractivity contribution in [1.82, 2.24) is 20.0 Å². The first-order valence-corrected chi connectivity index (χ1v) is 9.68. The van der Waals surface area contributed by atoms with Crippen LogP contribution in [0.3, 0.4) is 0 Å². The zero-order valence-electron chi connectivity index (χ0n) is 17.2. The molecule has 152 valence electrons. The Hall–Kier alpha value is -2.38. The van der Waals surface area contributed by atoms with Crippen molar-refractivity contribution < 1.29 is 14.3 Å². The molecule has 1 amide bonds. The van der Waals surface area contributed by atoms with Crippen molar-refractivity contribution in [3.05, 3.63) is 46.3 Å². The molecule has 1 aromatic heterocycles. The summed E-state index contributed by atoms with van der Waals surface area (Å²) in [6, 6.07) is 6.32. The van der Waals surface area contributed by atoms with Gasteiger partial charge in [-0.2, -0.15) is 5.10 Å². The average Bonchev–Trinajstić information content (AvgIpc) is 2.96. The van der Waals surface area contributed by atoms with Gasteiger partial charge in [0.05, 0.1) is 25.0 Å². The zero-order valence-corrected chi connectivity index (χ0v) is 17.2. The first-order chi connectivity index (χ1) is 13.5. The van der Waals surface area contributed by atoms with Gasteiger partial charge in [-0.15, -0.1) is 0 Å². The summed E-state index contributed by atoms with van der Waals surface area (Å²) in [6.45, 7) is 8.47. The van der Waals surface area contributed by atoms with Gasteiger partial charge in [-0.05, 0) is 49.1 Å². The van der Waals surface area contributed by atoms with E-state index in [1.807, 2.05) is 0 Å². The lowest BCUT2D eigenvalue weighted by Gasteiger charge is -2.22. The predicted octanol–water partition coefficient (Wildman–Crippen LogP) is 2.18. The number of benzene rings is 1. The molecule has 28 heavy (non-hydrogen) atoms. The van der Waals surface area contributed by atoms with Crippen molar-refractivity contribution in [3.8, 4) is 5.75 Å². The van der Waals surface area contributed by atoms with E-state index >= 15 is 0 Å². The third kappa shape index (κ3) is 4.72. The van der Waals surface area contributed by atoms with E-state index in [1.54, 1.807) is 7.11 Å². The topological polar surface area (TPSA) is 68.6 Å². The van der Waals surface area contributed by atoms with Crippen LogP contribution in [0.5, 0.6) is 5.75 Å². The van der Waals surface area contributed by atoms with E-state index in [-0.39, 0.29) is 12.5 Å². The maximum absolute atomic E-state index is 11.6. The minimum Gasteiger partial charge on any atom is -0.496 e. The minimum atomic E-state index is -0.127. The van der Waals surface area contributed by atoms with Gasteiger partial charge in [-0.25, -0.2) is 0 Å². The lowest BCUT2D eigenvalue weighted by molar-refractivity contribution is -0.124. The minimum absolute atomic E-state index is 0.0714. The molecule has 0 fully saturated rings. The molecule has 0 radical (unpaired) electrons. The molecule has 0 spiro atoms. The molecule has 0 aliphatic carbocycles. The molecule has 0 saturated carbocycles. The summed E-state index contributed by atoms with van der Waals surface area (Å²) in [4.78, 5) is 14.0. The number of carbonyl (C=O) groups excluding carboxylic acids is 1. The van der Waals surface area contributed by atoms with Gasteiger partial charge in [-0.1, -0.05) is 6.07 Å². The number of hydrogen-bond acceptors (Lipinski definition) is 5. The van der Waals surface area contributed by atoms with E-state index in [1.165, 1.54) is 29.5 Å². The second kappa shape index (κ2) is 9.21. The molecule has 1 N–H and O–H groups in total. The summed E-state index contributed by atoms with van der Waals surface area (Å²) in [7, 11) is 3.23. The molecule has 2 heterocycles. The molecular formula is C21H30N4O3. The summed E-state index contributed by atoms with van der Waals surface area (Å²) in [5, 5.41) is 7.49. The summed E-state index contributed by atoms with van der Waals surface area (Å²) < 4.78 is 12.3. The summed E-state index contributed by atoms with van der Waals surface area (Å²) >= 11 is 0. The highest BCUT2D eigenvalue weighted by atomic mass is 16.5. The van der Waals surface area contributed by atoms with Crippen molar-refractivity contribution >= 4 is 5.91 Å². The smallest absolute Gasteiger partial charge is 0.246 e. The number of hydrogen-bond donors (Lipinski definition) is 1. The van der Waals surface area contributed by atoms with Crippen LogP contribution < -0.4 is 10.1 Å². The molecule has 0 bridgehead atoms. The Morgan fingerprint density at radius 1 is 1.21 bits per heavy atom. The maximum atomic E-state index is 11.6. The number of methoxy groups -OCH3 is 2. The third-order valence-electron chi connectivity index (χ3n) is 5.35. The van der Waals surface area contributed by atoms with E-state index in [2.05, 4.69) is 52.0 Å². The molecule has 7 heteroatoms. The second-order valence-electron chi connectivity index (χ2n) is 7.30. The fraction of sp³-hybridized carbons (Fsp3) is 0.524. The second-order valence-corrected chi connectivity index (χ2v) is 7.30. The Morgan fingerprint density at radius 2 is 2.04 bits per heavy atom. The number of ether oxygens (including phenoxy) is 2. The monoisotopic (exact) mass is 386 g/mol. The number of amides is 1. The molecule has 0 atom stereocenters. The highest BCUT2D eigenvalue weighted by molar-refractivity contribution is 5.77. The fourth-order valence-electron chi connectivity index (χ4n) is 3.67. The van der Waals surface area contributed by atoms with Gasteiger partial charge in [0.25, 0.3) is 0 Å². The Kier molecular flexibility index (Phi) is 6.70. The van der Waals surface area contributed by atoms with E-state index in [0.717, 1.165) is 44.0 Å². The van der Waals surface area contributed by atoms with Gasteiger partial charge < -0.3 is 14.8 Å². The fourth-order valence-corrected chi connectivity index (χ4v) is 3.67. The van der Waals surface area contributed by atoms with Gasteiger partial charge in [0.2, 0.25) is 5.91 Å². The van der Waals surface area contributed by atoms with E-state index in [0.29, 0.717) is 6.54 Å². The summed E-state index contributed by atoms with van der Waals surface area (Å²) in [5.41, 5.74) is 5.90. The van der Waals surface area contributed by atoms with Crippen LogP contribution in [0, 0.1) is 13.8 Å². The SMILES string of the molecule is COCC(=O)NCc1cc2n(n1)CCCN(Cc1ccc(OC)c(C)c1C)C2. The largest absolute Gasteiger partial charge is 0.496 e. The van der Waals surface area contributed by atoms with Crippen LogP contribution in [0.4, 0.5) is 0 Å². The van der Waals surface area contributed by atoms with Crippen LogP contribution in [-0.4, -0.2) is 48.0 Å². The maximum Gasteiger partial charge on any atom is 0.246 e.